The molecule has 3 aromatic rings. The van der Waals surface area contributed by atoms with E-state index in [1.54, 1.807) is 0 Å². The van der Waals surface area contributed by atoms with Crippen molar-refractivity contribution in [2.75, 3.05) is 5.75 Å². The lowest BCUT2D eigenvalue weighted by Gasteiger charge is -2.22. The topological polar surface area (TPSA) is 59.3 Å². The van der Waals surface area contributed by atoms with E-state index in [1.807, 2.05) is 28.7 Å². The Bertz CT molecular complexity index is 900. The molecule has 0 atom stereocenters. The first kappa shape index (κ1) is 17.8. The van der Waals surface area contributed by atoms with Crippen molar-refractivity contribution in [3.63, 3.8) is 0 Å². The Kier molecular flexibility index (Phi) is 5.47. The number of carbonyl (C=O) groups is 1. The van der Waals surface area contributed by atoms with Gasteiger partial charge in [-0.3, -0.25) is 9.20 Å². The van der Waals surface area contributed by atoms with E-state index < -0.39 is 0 Å². The van der Waals surface area contributed by atoms with Crippen LogP contribution in [0.2, 0.25) is 5.02 Å². The molecule has 1 N–H and O–H groups in total. The average molecular weight is 407 g/mol. The first-order valence-corrected chi connectivity index (χ1v) is 11.0. The zero-order valence-electron chi connectivity index (χ0n) is 14.2. The highest BCUT2D eigenvalue weighted by Gasteiger charge is 2.18. The molecule has 0 bridgehead atoms. The number of hydrogen-bond donors (Lipinski definition) is 1. The summed E-state index contributed by atoms with van der Waals surface area (Å²) in [5.74, 6) is 0.426. The van der Waals surface area contributed by atoms with Gasteiger partial charge in [0.2, 0.25) is 10.9 Å². The number of amides is 1. The van der Waals surface area contributed by atoms with E-state index >= 15 is 0 Å². The fourth-order valence-electron chi connectivity index (χ4n) is 3.26. The Labute approximate surface area is 165 Å². The fraction of sp³-hybridized carbons (Fsp3) is 0.389. The Hall–Kier alpha value is -1.57. The van der Waals surface area contributed by atoms with Crippen molar-refractivity contribution in [2.24, 2.45) is 0 Å². The number of nitrogens with zero attached hydrogens (tertiary/aromatic N) is 3. The number of hydrogen-bond acceptors (Lipinski definition) is 5. The fourth-order valence-corrected chi connectivity index (χ4v) is 5.03. The summed E-state index contributed by atoms with van der Waals surface area (Å²) in [6, 6.07) is 8.04. The summed E-state index contributed by atoms with van der Waals surface area (Å²) < 4.78 is 2.01. The smallest absolute Gasteiger partial charge is 0.230 e. The number of benzene rings is 1. The maximum absolute atomic E-state index is 12.3. The standard InChI is InChI=1S/C18H19ClN4OS2/c19-13-8-6-12(7-9-13)15-10-25-17-21-22-18(23(15)17)26-11-16(24)20-14-4-2-1-3-5-14/h6-10,14H,1-5,11H2,(H,20,24). The number of halogens is 1. The Morgan fingerprint density at radius 3 is 2.77 bits per heavy atom. The third-order valence-corrected chi connectivity index (χ3v) is 6.56. The molecule has 26 heavy (non-hydrogen) atoms. The highest BCUT2D eigenvalue weighted by Crippen LogP contribution is 2.30. The van der Waals surface area contributed by atoms with Crippen molar-refractivity contribution >= 4 is 45.6 Å². The molecular weight excluding hydrogens is 388 g/mol. The molecule has 4 rings (SSSR count). The average Bonchev–Trinajstić information content (AvgIpc) is 3.24. The summed E-state index contributed by atoms with van der Waals surface area (Å²) in [4.78, 5) is 13.1. The van der Waals surface area contributed by atoms with Crippen LogP contribution in [-0.4, -0.2) is 32.3 Å². The second-order valence-corrected chi connectivity index (χ2v) is 8.64. The van der Waals surface area contributed by atoms with Gasteiger partial charge in [-0.05, 0) is 30.5 Å². The third-order valence-electron chi connectivity index (χ3n) is 4.56. The minimum absolute atomic E-state index is 0.0712. The zero-order valence-corrected chi connectivity index (χ0v) is 16.5. The molecule has 2 heterocycles. The number of fused-ring (bicyclic) bond motifs is 1. The quantitative estimate of drug-likeness (QED) is 0.626. The maximum Gasteiger partial charge on any atom is 0.230 e. The van der Waals surface area contributed by atoms with Crippen LogP contribution in [-0.2, 0) is 4.79 Å². The van der Waals surface area contributed by atoms with Crippen LogP contribution >= 0.6 is 34.7 Å². The maximum atomic E-state index is 12.3. The summed E-state index contributed by atoms with van der Waals surface area (Å²) in [6.07, 6.45) is 5.89. The van der Waals surface area contributed by atoms with Crippen molar-refractivity contribution < 1.29 is 4.79 Å². The van der Waals surface area contributed by atoms with Crippen molar-refractivity contribution in [1.29, 1.82) is 0 Å². The lowest BCUT2D eigenvalue weighted by molar-refractivity contribution is -0.119. The van der Waals surface area contributed by atoms with E-state index in [4.69, 9.17) is 11.6 Å². The van der Waals surface area contributed by atoms with Crippen molar-refractivity contribution in [2.45, 2.75) is 43.3 Å². The summed E-state index contributed by atoms with van der Waals surface area (Å²) in [6.45, 7) is 0. The van der Waals surface area contributed by atoms with Gasteiger partial charge in [0.05, 0.1) is 11.4 Å². The first-order chi connectivity index (χ1) is 12.7. The van der Waals surface area contributed by atoms with Crippen LogP contribution in [0.15, 0.2) is 34.8 Å². The van der Waals surface area contributed by atoms with Gasteiger partial charge in [-0.2, -0.15) is 0 Å². The molecule has 1 aromatic carbocycles. The molecule has 0 spiro atoms. The van der Waals surface area contributed by atoms with Crippen LogP contribution in [0.3, 0.4) is 0 Å². The number of carbonyl (C=O) groups excluding carboxylic acids is 1. The predicted molar refractivity (Wildman–Crippen MR) is 107 cm³/mol. The van der Waals surface area contributed by atoms with Crippen molar-refractivity contribution in [1.82, 2.24) is 19.9 Å². The molecule has 1 aliphatic rings. The Morgan fingerprint density at radius 2 is 2.00 bits per heavy atom. The summed E-state index contributed by atoms with van der Waals surface area (Å²) in [5.41, 5.74) is 2.07. The second kappa shape index (κ2) is 7.98. The molecule has 1 fully saturated rings. The van der Waals surface area contributed by atoms with E-state index in [0.29, 0.717) is 16.8 Å². The number of rotatable bonds is 5. The molecular formula is C18H19ClN4OS2. The Morgan fingerprint density at radius 1 is 1.23 bits per heavy atom. The van der Waals surface area contributed by atoms with Gasteiger partial charge in [-0.1, -0.05) is 54.8 Å². The lowest BCUT2D eigenvalue weighted by atomic mass is 9.95. The van der Waals surface area contributed by atoms with E-state index in [9.17, 15) is 4.79 Å². The van der Waals surface area contributed by atoms with Gasteiger partial charge < -0.3 is 5.32 Å². The summed E-state index contributed by atoms with van der Waals surface area (Å²) in [5, 5.41) is 15.1. The molecule has 0 radical (unpaired) electrons. The van der Waals surface area contributed by atoms with E-state index in [1.165, 1.54) is 42.4 Å². The van der Waals surface area contributed by atoms with Crippen LogP contribution in [0, 0.1) is 0 Å². The normalized spacial score (nSPS) is 15.4. The monoisotopic (exact) mass is 406 g/mol. The van der Waals surface area contributed by atoms with Crippen LogP contribution < -0.4 is 5.32 Å². The summed E-state index contributed by atoms with van der Waals surface area (Å²) in [7, 11) is 0. The van der Waals surface area contributed by atoms with Gasteiger partial charge in [0, 0.05) is 16.4 Å². The first-order valence-electron chi connectivity index (χ1n) is 8.71. The van der Waals surface area contributed by atoms with Gasteiger partial charge in [0.1, 0.15) is 0 Å². The second-order valence-electron chi connectivity index (χ2n) is 6.42. The minimum atomic E-state index is 0.0712. The highest BCUT2D eigenvalue weighted by atomic mass is 35.5. The largest absolute Gasteiger partial charge is 0.353 e. The zero-order chi connectivity index (χ0) is 17.9. The van der Waals surface area contributed by atoms with Crippen LogP contribution in [0.25, 0.3) is 16.2 Å². The minimum Gasteiger partial charge on any atom is -0.353 e. The van der Waals surface area contributed by atoms with Crippen LogP contribution in [0.1, 0.15) is 32.1 Å². The van der Waals surface area contributed by atoms with Crippen LogP contribution in [0.5, 0.6) is 0 Å². The third kappa shape index (κ3) is 3.89. The molecule has 0 unspecified atom stereocenters. The van der Waals surface area contributed by atoms with Crippen LogP contribution in [0.4, 0.5) is 0 Å². The number of nitrogens with one attached hydrogen (secondary N) is 1. The van der Waals surface area contributed by atoms with Gasteiger partial charge >= 0.3 is 0 Å². The molecule has 0 aliphatic heterocycles. The van der Waals surface area contributed by atoms with Crippen molar-refractivity contribution in [3.05, 3.63) is 34.7 Å². The molecule has 1 saturated carbocycles. The van der Waals surface area contributed by atoms with E-state index in [0.717, 1.165) is 34.2 Å². The van der Waals surface area contributed by atoms with Crippen molar-refractivity contribution in [3.8, 4) is 11.3 Å². The number of thioether (sulfide) groups is 1. The highest BCUT2D eigenvalue weighted by molar-refractivity contribution is 7.99. The number of aromatic nitrogens is 3. The van der Waals surface area contributed by atoms with Gasteiger partial charge in [0.25, 0.3) is 0 Å². The molecule has 1 aliphatic carbocycles. The van der Waals surface area contributed by atoms with Gasteiger partial charge in [-0.25, -0.2) is 0 Å². The van der Waals surface area contributed by atoms with E-state index in [-0.39, 0.29) is 5.91 Å². The summed E-state index contributed by atoms with van der Waals surface area (Å²) >= 11 is 8.96. The SMILES string of the molecule is O=C(CSc1nnc2scc(-c3ccc(Cl)cc3)n12)NC1CCCCC1. The van der Waals surface area contributed by atoms with E-state index in [2.05, 4.69) is 20.9 Å². The molecule has 2 aromatic heterocycles. The molecule has 136 valence electrons. The van der Waals surface area contributed by atoms with Gasteiger partial charge in [-0.15, -0.1) is 21.5 Å². The lowest BCUT2D eigenvalue weighted by Crippen LogP contribution is -2.37. The predicted octanol–water partition coefficient (Wildman–Crippen LogP) is 4.65. The molecule has 8 heteroatoms. The number of thiazole rings is 1. The Balaban J connectivity index is 1.47. The molecule has 5 nitrogen and oxygen atoms in total. The molecule has 0 saturated heterocycles. The van der Waals surface area contributed by atoms with Gasteiger partial charge in [0.15, 0.2) is 5.16 Å². The molecule has 1 amide bonds.